The van der Waals surface area contributed by atoms with Gasteiger partial charge in [0.2, 0.25) is 5.69 Å². The van der Waals surface area contributed by atoms with Crippen LogP contribution in [0.3, 0.4) is 0 Å². The largest absolute Gasteiger partial charge is 1.00 e. The lowest BCUT2D eigenvalue weighted by Crippen LogP contribution is -3.00. The van der Waals surface area contributed by atoms with Crippen LogP contribution < -0.4 is 21.5 Å². The van der Waals surface area contributed by atoms with Crippen LogP contribution in [0.2, 0.25) is 0 Å². The Bertz CT molecular complexity index is 1180. The van der Waals surface area contributed by atoms with Crippen molar-refractivity contribution in [1.82, 2.24) is 4.98 Å². The number of aromatic nitrogens is 2. The molecule has 3 heteroatoms. The lowest BCUT2D eigenvalue weighted by Gasteiger charge is -2.33. The number of halogens is 1. The highest BCUT2D eigenvalue weighted by Gasteiger charge is 2.36. The van der Waals surface area contributed by atoms with Gasteiger partial charge in [-0.3, -0.25) is 0 Å². The van der Waals surface area contributed by atoms with Gasteiger partial charge in [-0.25, -0.2) is 4.98 Å². The fraction of sp³-hybridized carbons (Fsp3) is 0.200. The maximum Gasteiger partial charge on any atom is 0.225 e. The molecule has 1 aliphatic carbocycles. The Kier molecular flexibility index (Phi) is 4.59. The van der Waals surface area contributed by atoms with E-state index in [1.165, 1.54) is 33.3 Å². The number of pyridine rings is 2. The van der Waals surface area contributed by atoms with E-state index in [1.807, 2.05) is 0 Å². The molecule has 140 valence electrons. The smallest absolute Gasteiger partial charge is 0.225 e. The molecule has 0 atom stereocenters. The van der Waals surface area contributed by atoms with Crippen LogP contribution >= 0.6 is 0 Å². The number of hydrogen-bond donors (Lipinski definition) is 0. The lowest BCUT2D eigenvalue weighted by molar-refractivity contribution is -0.594. The second-order valence-electron chi connectivity index (χ2n) is 8.19. The second kappa shape index (κ2) is 6.82. The second-order valence-corrected chi connectivity index (χ2v) is 8.19. The van der Waals surface area contributed by atoms with Gasteiger partial charge in [0.25, 0.3) is 0 Å². The molecule has 0 spiro atoms. The molecule has 0 N–H and O–H groups in total. The number of fused-ring (bicyclic) bond motifs is 4. The zero-order valence-corrected chi connectivity index (χ0v) is 18.0. The third kappa shape index (κ3) is 2.85. The van der Waals surface area contributed by atoms with E-state index in [0.717, 1.165) is 17.6 Å². The van der Waals surface area contributed by atoms with Crippen LogP contribution in [0.25, 0.3) is 27.8 Å². The summed E-state index contributed by atoms with van der Waals surface area (Å²) in [4.78, 5) is 5.11. The van der Waals surface area contributed by atoms with Crippen LogP contribution in [0.15, 0.2) is 73.1 Å². The molecule has 5 rings (SSSR count). The highest BCUT2D eigenvalue weighted by molar-refractivity contribution is 5.91. The number of hydrogen-bond acceptors (Lipinski definition) is 1. The minimum absolute atomic E-state index is 0. The summed E-state index contributed by atoms with van der Waals surface area (Å²) < 4.78 is 2.26. The van der Waals surface area contributed by atoms with Gasteiger partial charge < -0.3 is 17.0 Å². The Labute approximate surface area is 176 Å². The molecule has 28 heavy (non-hydrogen) atoms. The fourth-order valence-electron chi connectivity index (χ4n) is 4.39. The third-order valence-corrected chi connectivity index (χ3v) is 5.75. The highest BCUT2D eigenvalue weighted by atomic mass is 79.9. The average Bonchev–Trinajstić information content (AvgIpc) is 2.68. The van der Waals surface area contributed by atoms with Crippen molar-refractivity contribution in [1.29, 1.82) is 0 Å². The van der Waals surface area contributed by atoms with Crippen molar-refractivity contribution in [3.63, 3.8) is 0 Å². The van der Waals surface area contributed by atoms with Gasteiger partial charge in [0.1, 0.15) is 0 Å². The normalized spacial score (nSPS) is 14.1. The van der Waals surface area contributed by atoms with Crippen molar-refractivity contribution in [3.8, 4) is 16.9 Å². The molecule has 1 aliphatic rings. The van der Waals surface area contributed by atoms with Gasteiger partial charge in [0.15, 0.2) is 12.4 Å². The van der Waals surface area contributed by atoms with Gasteiger partial charge in [-0.05, 0) is 42.0 Å². The summed E-state index contributed by atoms with van der Waals surface area (Å²) in [6.45, 7) is 6.81. The predicted molar refractivity (Wildman–Crippen MR) is 110 cm³/mol. The van der Waals surface area contributed by atoms with Crippen molar-refractivity contribution in [2.45, 2.75) is 32.6 Å². The van der Waals surface area contributed by atoms with E-state index < -0.39 is 0 Å². The first-order valence-corrected chi connectivity index (χ1v) is 9.54. The summed E-state index contributed by atoms with van der Waals surface area (Å²) in [5, 5.41) is 1.21. The van der Waals surface area contributed by atoms with Gasteiger partial charge in [-0.2, -0.15) is 4.57 Å². The summed E-state index contributed by atoms with van der Waals surface area (Å²) in [5.41, 5.74) is 8.78. The van der Waals surface area contributed by atoms with E-state index in [1.54, 1.807) is 0 Å². The van der Waals surface area contributed by atoms with E-state index >= 15 is 0 Å². The molecule has 0 bridgehead atoms. The van der Waals surface area contributed by atoms with E-state index in [9.17, 15) is 0 Å². The summed E-state index contributed by atoms with van der Waals surface area (Å²) in [6, 6.07) is 21.6. The molecule has 0 unspecified atom stereocenters. The summed E-state index contributed by atoms with van der Waals surface area (Å²) >= 11 is 0. The monoisotopic (exact) mass is 430 g/mol. The SMILES string of the molecule is Cc1cc[n+](-c2c3c(nc4ccccc24)-c2ccccc2C(C)(C)C3)cc1.[Br-]. The van der Waals surface area contributed by atoms with Crippen molar-refractivity contribution in [3.05, 3.63) is 89.7 Å². The zero-order valence-electron chi connectivity index (χ0n) is 16.4. The predicted octanol–water partition coefficient (Wildman–Crippen LogP) is 2.32. The first-order chi connectivity index (χ1) is 13.0. The molecule has 2 aromatic carbocycles. The van der Waals surface area contributed by atoms with Crippen molar-refractivity contribution in [2.24, 2.45) is 0 Å². The van der Waals surface area contributed by atoms with Crippen LogP contribution in [0.5, 0.6) is 0 Å². The third-order valence-electron chi connectivity index (χ3n) is 5.75. The molecular formula is C25H23BrN2. The Morgan fingerprint density at radius 3 is 2.36 bits per heavy atom. The number of rotatable bonds is 1. The Hall–Kier alpha value is -2.52. The Morgan fingerprint density at radius 1 is 0.893 bits per heavy atom. The van der Waals surface area contributed by atoms with Crippen LogP contribution in [-0.4, -0.2) is 4.98 Å². The van der Waals surface area contributed by atoms with E-state index in [4.69, 9.17) is 4.98 Å². The van der Waals surface area contributed by atoms with Crippen LogP contribution in [0.4, 0.5) is 0 Å². The number of aryl methyl sites for hydroxylation is 1. The fourth-order valence-corrected chi connectivity index (χ4v) is 4.39. The first kappa shape index (κ1) is 18.8. The van der Waals surface area contributed by atoms with E-state index in [-0.39, 0.29) is 22.4 Å². The molecular weight excluding hydrogens is 408 g/mol. The standard InChI is InChI=1S/C25H23N2.BrH/c1-17-12-14-27(15-13-17)24-19-9-5-7-11-22(19)26-23-18-8-4-6-10-21(18)25(2,3)16-20(23)24;/h4-15H,16H2,1-3H3;1H/q+1;/p-1. The van der Waals surface area contributed by atoms with E-state index in [2.05, 4.69) is 98.4 Å². The maximum atomic E-state index is 5.11. The number of nitrogens with zero attached hydrogens (tertiary/aromatic N) is 2. The Balaban J connectivity index is 0.00000192. The van der Waals surface area contributed by atoms with Crippen LogP contribution in [-0.2, 0) is 11.8 Å². The zero-order chi connectivity index (χ0) is 18.6. The average molecular weight is 431 g/mol. The molecule has 2 nitrogen and oxygen atoms in total. The molecule has 0 aliphatic heterocycles. The van der Waals surface area contributed by atoms with Crippen molar-refractivity contribution >= 4 is 10.9 Å². The van der Waals surface area contributed by atoms with Crippen molar-refractivity contribution in [2.75, 3.05) is 0 Å². The van der Waals surface area contributed by atoms with Gasteiger partial charge >= 0.3 is 0 Å². The molecule has 0 amide bonds. The van der Waals surface area contributed by atoms with Crippen LogP contribution in [0.1, 0.15) is 30.5 Å². The molecule has 0 radical (unpaired) electrons. The number of para-hydroxylation sites is 1. The van der Waals surface area contributed by atoms with Crippen molar-refractivity contribution < 1.29 is 21.5 Å². The van der Waals surface area contributed by atoms with Gasteiger partial charge in [-0.15, -0.1) is 0 Å². The minimum Gasteiger partial charge on any atom is -1.00 e. The van der Waals surface area contributed by atoms with E-state index in [0.29, 0.717) is 0 Å². The molecule has 4 aromatic rings. The molecule has 2 heterocycles. The Morgan fingerprint density at radius 2 is 1.57 bits per heavy atom. The molecule has 2 aromatic heterocycles. The summed E-state index contributed by atoms with van der Waals surface area (Å²) in [7, 11) is 0. The summed E-state index contributed by atoms with van der Waals surface area (Å²) in [6.07, 6.45) is 5.32. The van der Waals surface area contributed by atoms with Gasteiger partial charge in [0, 0.05) is 17.7 Å². The molecule has 0 saturated carbocycles. The van der Waals surface area contributed by atoms with Crippen LogP contribution in [0, 0.1) is 6.92 Å². The highest BCUT2D eigenvalue weighted by Crippen LogP contribution is 2.44. The topological polar surface area (TPSA) is 16.8 Å². The molecule has 0 saturated heterocycles. The van der Waals surface area contributed by atoms with Gasteiger partial charge in [-0.1, -0.05) is 50.2 Å². The van der Waals surface area contributed by atoms with Gasteiger partial charge in [0.05, 0.1) is 22.2 Å². The number of benzene rings is 2. The quantitative estimate of drug-likeness (QED) is 0.423. The molecule has 0 fully saturated rings. The summed E-state index contributed by atoms with van der Waals surface area (Å²) in [5.74, 6) is 0. The minimum atomic E-state index is 0. The first-order valence-electron chi connectivity index (χ1n) is 9.54. The lowest BCUT2D eigenvalue weighted by atomic mass is 9.71. The maximum absolute atomic E-state index is 5.11.